The minimum absolute atomic E-state index is 0.185. The average molecular weight is 550 g/mol. The van der Waals surface area contributed by atoms with E-state index in [9.17, 15) is 19.8 Å². The van der Waals surface area contributed by atoms with Crippen LogP contribution in [0.15, 0.2) is 60.7 Å². The number of fused-ring (bicyclic) bond motifs is 3. The second kappa shape index (κ2) is 9.95. The maximum Gasteiger partial charge on any atom is 0.303 e. The van der Waals surface area contributed by atoms with Gasteiger partial charge in [0.05, 0.1) is 32.8 Å². The van der Waals surface area contributed by atoms with Crippen LogP contribution >= 0.6 is 0 Å². The van der Waals surface area contributed by atoms with E-state index in [2.05, 4.69) is 5.32 Å². The third kappa shape index (κ3) is 3.66. The number of nitrogens with one attached hydrogen (secondary N) is 1. The van der Waals surface area contributed by atoms with Crippen LogP contribution < -0.4 is 24.3 Å². The molecule has 5 rings (SSSR count). The van der Waals surface area contributed by atoms with Gasteiger partial charge >= 0.3 is 5.97 Å². The van der Waals surface area contributed by atoms with Crippen molar-refractivity contribution < 1.29 is 43.5 Å². The number of phenols is 1. The van der Waals surface area contributed by atoms with Crippen molar-refractivity contribution in [1.82, 2.24) is 5.32 Å². The van der Waals surface area contributed by atoms with Gasteiger partial charge in [-0.2, -0.15) is 0 Å². The molecule has 10 nitrogen and oxygen atoms in total. The summed E-state index contributed by atoms with van der Waals surface area (Å²) in [5, 5.41) is 26.7. The van der Waals surface area contributed by atoms with E-state index < -0.39 is 41.0 Å². The Morgan fingerprint density at radius 1 is 0.950 bits per heavy atom. The fraction of sp³-hybridized carbons (Fsp3) is 0.333. The molecular weight excluding hydrogens is 518 g/mol. The number of phenolic OH excluding ortho intramolecular Hbond substituents is 1. The Morgan fingerprint density at radius 2 is 1.65 bits per heavy atom. The summed E-state index contributed by atoms with van der Waals surface area (Å²) in [6, 6.07) is 16.8. The average Bonchev–Trinajstić information content (AvgIpc) is 3.34. The first kappa shape index (κ1) is 27.1. The van der Waals surface area contributed by atoms with Crippen molar-refractivity contribution in [2.24, 2.45) is 5.92 Å². The van der Waals surface area contributed by atoms with Crippen LogP contribution in [0.4, 0.5) is 0 Å². The maximum absolute atomic E-state index is 13.7. The Morgan fingerprint density at radius 3 is 2.23 bits per heavy atom. The first-order chi connectivity index (χ1) is 19.2. The van der Waals surface area contributed by atoms with E-state index in [1.165, 1.54) is 41.4 Å². The first-order valence-electron chi connectivity index (χ1n) is 12.7. The van der Waals surface area contributed by atoms with Gasteiger partial charge < -0.3 is 39.2 Å². The van der Waals surface area contributed by atoms with Crippen molar-refractivity contribution in [1.29, 1.82) is 0 Å². The highest BCUT2D eigenvalue weighted by molar-refractivity contribution is 5.84. The minimum atomic E-state index is -2.18. The molecule has 0 radical (unpaired) electrons. The fourth-order valence-electron chi connectivity index (χ4n) is 6.35. The van der Waals surface area contributed by atoms with E-state index in [1.54, 1.807) is 36.4 Å². The summed E-state index contributed by atoms with van der Waals surface area (Å²) in [4.78, 5) is 26.2. The zero-order valence-corrected chi connectivity index (χ0v) is 22.8. The number of carbonyl (C=O) groups is 2. The predicted molar refractivity (Wildman–Crippen MR) is 143 cm³/mol. The lowest BCUT2D eigenvalue weighted by molar-refractivity contribution is -0.183. The molecule has 1 saturated carbocycles. The number of amides is 1. The molecule has 3 aromatic rings. The van der Waals surface area contributed by atoms with Gasteiger partial charge in [0, 0.05) is 37.6 Å². The van der Waals surface area contributed by atoms with Crippen LogP contribution in [0.1, 0.15) is 29.5 Å². The number of aromatic hydroxyl groups is 1. The number of aliphatic hydroxyl groups is 1. The van der Waals surface area contributed by atoms with E-state index in [0.717, 1.165) is 0 Å². The number of rotatable bonds is 7. The van der Waals surface area contributed by atoms with Crippen LogP contribution in [-0.4, -0.2) is 56.6 Å². The zero-order valence-electron chi connectivity index (χ0n) is 22.8. The van der Waals surface area contributed by atoms with Gasteiger partial charge in [-0.25, -0.2) is 0 Å². The molecule has 3 N–H and O–H groups in total. The number of methoxy groups -OCH3 is 3. The van der Waals surface area contributed by atoms with Gasteiger partial charge in [-0.15, -0.1) is 0 Å². The van der Waals surface area contributed by atoms with Gasteiger partial charge in [0.15, 0.2) is 28.8 Å². The lowest BCUT2D eigenvalue weighted by Gasteiger charge is -2.41. The molecule has 0 spiro atoms. The van der Waals surface area contributed by atoms with Crippen molar-refractivity contribution in [3.63, 3.8) is 0 Å². The van der Waals surface area contributed by atoms with Crippen LogP contribution in [0.25, 0.3) is 0 Å². The summed E-state index contributed by atoms with van der Waals surface area (Å²) in [6.07, 6.45) is -1.43. The number of carbonyl (C=O) groups excluding carboxylic acids is 2. The lowest BCUT2D eigenvalue weighted by atomic mass is 9.70. The van der Waals surface area contributed by atoms with Gasteiger partial charge in [-0.1, -0.05) is 36.4 Å². The molecule has 1 heterocycles. The molecule has 0 bridgehead atoms. The van der Waals surface area contributed by atoms with Gasteiger partial charge in [0.25, 0.3) is 0 Å². The third-order valence-electron chi connectivity index (χ3n) is 7.86. The number of ether oxygens (including phenoxy) is 5. The highest BCUT2D eigenvalue weighted by atomic mass is 16.6. The Kier molecular flexibility index (Phi) is 6.75. The smallest absolute Gasteiger partial charge is 0.303 e. The van der Waals surface area contributed by atoms with E-state index in [4.69, 9.17) is 23.7 Å². The first-order valence-corrected chi connectivity index (χ1v) is 12.7. The predicted octanol–water partition coefficient (Wildman–Crippen LogP) is 2.98. The van der Waals surface area contributed by atoms with Gasteiger partial charge in [0.2, 0.25) is 5.91 Å². The molecule has 5 atom stereocenters. The summed E-state index contributed by atoms with van der Waals surface area (Å²) in [5.74, 6) is -2.40. The second-order valence-corrected chi connectivity index (χ2v) is 9.75. The van der Waals surface area contributed by atoms with Crippen molar-refractivity contribution >= 4 is 11.9 Å². The fourth-order valence-corrected chi connectivity index (χ4v) is 6.35. The summed E-state index contributed by atoms with van der Waals surface area (Å²) in [5.41, 5.74) is -2.83. The number of hydrogen-bond acceptors (Lipinski definition) is 9. The lowest BCUT2D eigenvalue weighted by Crippen LogP contribution is -2.53. The van der Waals surface area contributed by atoms with Crippen molar-refractivity contribution in [3.8, 4) is 28.7 Å². The molecule has 0 saturated heterocycles. The van der Waals surface area contributed by atoms with Crippen molar-refractivity contribution in [2.45, 2.75) is 30.1 Å². The molecule has 1 aliphatic heterocycles. The van der Waals surface area contributed by atoms with Gasteiger partial charge in [-0.05, 0) is 17.7 Å². The Hall–Kier alpha value is -4.44. The van der Waals surface area contributed by atoms with Crippen LogP contribution in [0.5, 0.6) is 28.7 Å². The molecule has 0 aromatic heterocycles. The van der Waals surface area contributed by atoms with Crippen molar-refractivity contribution in [2.75, 3.05) is 28.4 Å². The zero-order chi connectivity index (χ0) is 28.8. The highest BCUT2D eigenvalue weighted by Crippen LogP contribution is 2.71. The quantitative estimate of drug-likeness (QED) is 0.381. The number of esters is 1. The molecule has 1 fully saturated rings. The molecule has 2 aliphatic rings. The molecule has 3 aromatic carbocycles. The summed E-state index contributed by atoms with van der Waals surface area (Å²) >= 11 is 0. The topological polar surface area (TPSA) is 133 Å². The van der Waals surface area contributed by atoms with Gasteiger partial charge in [-0.3, -0.25) is 9.59 Å². The number of benzene rings is 3. The monoisotopic (exact) mass is 549 g/mol. The summed E-state index contributed by atoms with van der Waals surface area (Å²) in [6.45, 7) is 1.21. The molecule has 1 aliphatic carbocycles. The summed E-state index contributed by atoms with van der Waals surface area (Å²) < 4.78 is 29.1. The van der Waals surface area contributed by atoms with E-state index in [0.29, 0.717) is 16.9 Å². The Balaban J connectivity index is 1.95. The number of hydrogen-bond donors (Lipinski definition) is 3. The van der Waals surface area contributed by atoms with Crippen molar-refractivity contribution in [3.05, 3.63) is 77.4 Å². The van der Waals surface area contributed by atoms with E-state index in [1.807, 2.05) is 18.2 Å². The van der Waals surface area contributed by atoms with E-state index >= 15 is 0 Å². The maximum atomic E-state index is 13.7. The van der Waals surface area contributed by atoms with Crippen LogP contribution in [0.2, 0.25) is 0 Å². The van der Waals surface area contributed by atoms with Crippen LogP contribution in [-0.2, 0) is 25.5 Å². The van der Waals surface area contributed by atoms with Gasteiger partial charge in [0.1, 0.15) is 17.2 Å². The van der Waals surface area contributed by atoms with Crippen LogP contribution in [0.3, 0.4) is 0 Å². The molecule has 40 heavy (non-hydrogen) atoms. The molecular formula is C30H31NO9. The van der Waals surface area contributed by atoms with E-state index in [-0.39, 0.29) is 28.6 Å². The minimum Gasteiger partial charge on any atom is -0.504 e. The largest absolute Gasteiger partial charge is 0.504 e. The normalized spacial score (nSPS) is 26.2. The van der Waals surface area contributed by atoms with Crippen LogP contribution in [0, 0.1) is 5.92 Å². The standard InChI is InChI=1S/C30H31NO9/c1-16(32)39-27-24(28(34)31-2)25(17-9-7-6-8-10-17)30(18-11-12-21(37-4)20(33)13-18)29(27,35)26-22(38-5)14-19(36-3)15-23(26)40-30/h6-15,24-25,27,33,35H,1-5H3,(H,31,34)/t24-,25-,27-,29+,30+/m1/s1. The Labute approximate surface area is 231 Å². The molecule has 0 unspecified atom stereocenters. The second-order valence-electron chi connectivity index (χ2n) is 9.75. The Bertz CT molecular complexity index is 1460. The summed E-state index contributed by atoms with van der Waals surface area (Å²) in [7, 11) is 5.81. The molecule has 1 amide bonds. The molecule has 210 valence electrons. The SMILES string of the molecule is CNC(=O)[C@H]1[C@@H](OC(C)=O)[C@@]2(O)c3c(OC)cc(OC)cc3O[C@@]2(c2ccc(OC)c(O)c2)[C@@H]1c1ccccc1. The third-order valence-corrected chi connectivity index (χ3v) is 7.86. The molecule has 10 heteroatoms. The highest BCUT2D eigenvalue weighted by Gasteiger charge is 2.79.